The summed E-state index contributed by atoms with van der Waals surface area (Å²) in [5, 5.41) is 40.0. The van der Waals surface area contributed by atoms with Gasteiger partial charge < -0.3 is 30.3 Å². The van der Waals surface area contributed by atoms with Gasteiger partial charge in [0.25, 0.3) is 10.2 Å². The van der Waals surface area contributed by atoms with Crippen molar-refractivity contribution in [1.29, 1.82) is 15.8 Å². The Balaban J connectivity index is 0.000000171. The Morgan fingerprint density at radius 2 is 0.922 bits per heavy atom. The van der Waals surface area contributed by atoms with Crippen LogP contribution in [0, 0.1) is 51.5 Å². The lowest BCUT2D eigenvalue weighted by Crippen LogP contribution is -2.49. The maximum Gasteiger partial charge on any atom is 0.279 e. The predicted molar refractivity (Wildman–Crippen MR) is 458 cm³/mol. The molecule has 3 saturated heterocycles. The van der Waals surface area contributed by atoms with E-state index in [-0.39, 0.29) is 43.0 Å². The number of halogens is 6. The third-order valence-electron chi connectivity index (χ3n) is 21.5. The number of hydrogen-bond donors (Lipinski definition) is 4. The molecule has 0 saturated carbocycles. The molecule has 0 aliphatic carbocycles. The second-order valence-corrected chi connectivity index (χ2v) is 33.9. The first kappa shape index (κ1) is 87.1. The fourth-order valence-electron chi connectivity index (χ4n) is 15.0. The third-order valence-corrected chi connectivity index (χ3v) is 24.9. The van der Waals surface area contributed by atoms with Gasteiger partial charge in [0.1, 0.15) is 13.2 Å². The molecule has 600 valence electrons. The number of nitrogens with zero attached hydrogens (tertiary/aromatic N) is 6. The van der Waals surface area contributed by atoms with Crippen molar-refractivity contribution in [1.82, 2.24) is 18.8 Å². The molecule has 1 unspecified atom stereocenters. The molecule has 0 bridgehead atoms. The first-order valence-electron chi connectivity index (χ1n) is 38.5. The molecule has 3 fully saturated rings. The van der Waals surface area contributed by atoms with Gasteiger partial charge in [-0.15, -0.1) is 11.3 Å². The smallest absolute Gasteiger partial charge is 0.279 e. The fraction of sp³-hybridized carbons (Fsp3) is 0.297. The van der Waals surface area contributed by atoms with Crippen molar-refractivity contribution in [3.8, 4) is 51.6 Å². The van der Waals surface area contributed by atoms with Gasteiger partial charge in [-0.05, 0) is 203 Å². The normalized spacial score (nSPS) is 15.5. The van der Waals surface area contributed by atoms with Crippen LogP contribution < -0.4 is 20.7 Å². The molecule has 25 heteroatoms. The Hall–Kier alpha value is -9.71. The van der Waals surface area contributed by atoms with Gasteiger partial charge >= 0.3 is 0 Å². The van der Waals surface area contributed by atoms with E-state index in [9.17, 15) is 47.4 Å². The minimum Gasteiger partial charge on any atom is -0.360 e. The average molecular weight is 1680 g/mol. The molecule has 0 spiro atoms. The second-order valence-electron chi connectivity index (χ2n) is 29.3. The number of carbonyl (C=O) groups is 3. The molecule has 4 N–H and O–H groups in total. The van der Waals surface area contributed by atoms with Crippen molar-refractivity contribution < 1.29 is 41.1 Å². The van der Waals surface area contributed by atoms with Crippen LogP contribution >= 0.6 is 57.7 Å². The van der Waals surface area contributed by atoms with Gasteiger partial charge in [0.15, 0.2) is 11.6 Å². The van der Waals surface area contributed by atoms with Gasteiger partial charge in [0, 0.05) is 113 Å². The summed E-state index contributed by atoms with van der Waals surface area (Å²) < 4.78 is 68.9. The number of rotatable bonds is 26. The molecule has 3 amide bonds. The Labute approximate surface area is 701 Å². The molecule has 13 rings (SSSR count). The zero-order valence-electron chi connectivity index (χ0n) is 64.6. The van der Waals surface area contributed by atoms with Crippen LogP contribution in [0.25, 0.3) is 33.4 Å². The van der Waals surface area contributed by atoms with Gasteiger partial charge in [-0.2, -0.15) is 28.5 Å². The van der Waals surface area contributed by atoms with E-state index >= 15 is 0 Å². The molecular formula is C91H90Cl4F2N10O7S2. The fourth-order valence-corrected chi connectivity index (χ4v) is 18.0. The summed E-state index contributed by atoms with van der Waals surface area (Å²) >= 11 is 26.1. The maximum atomic E-state index is 13.6. The minimum atomic E-state index is -3.58. The van der Waals surface area contributed by atoms with E-state index in [0.717, 1.165) is 134 Å². The molecule has 116 heavy (non-hydrogen) atoms. The highest BCUT2D eigenvalue weighted by Crippen LogP contribution is 2.44. The predicted octanol–water partition coefficient (Wildman–Crippen LogP) is 20.4. The van der Waals surface area contributed by atoms with E-state index in [0.29, 0.717) is 93.0 Å². The number of amides is 3. The highest BCUT2D eigenvalue weighted by Gasteiger charge is 2.42. The first-order valence-corrected chi connectivity index (χ1v) is 42.3. The van der Waals surface area contributed by atoms with Crippen molar-refractivity contribution in [2.24, 2.45) is 5.92 Å². The van der Waals surface area contributed by atoms with Crippen molar-refractivity contribution in [3.63, 3.8) is 0 Å². The summed E-state index contributed by atoms with van der Waals surface area (Å²) in [7, 11) is -3.58. The van der Waals surface area contributed by atoms with Crippen LogP contribution in [-0.4, -0.2) is 106 Å². The van der Waals surface area contributed by atoms with Crippen molar-refractivity contribution in [2.75, 3.05) is 81.5 Å². The van der Waals surface area contributed by atoms with E-state index in [4.69, 9.17) is 55.9 Å². The third kappa shape index (κ3) is 23.8. The monoisotopic (exact) mass is 1680 g/mol. The van der Waals surface area contributed by atoms with E-state index in [1.54, 1.807) is 72.9 Å². The summed E-state index contributed by atoms with van der Waals surface area (Å²) in [5.74, 6) is -2.25. The minimum absolute atomic E-state index is 0.0819. The number of benzene rings is 9. The molecule has 1 aromatic heterocycles. The van der Waals surface area contributed by atoms with Gasteiger partial charge in [-0.25, -0.2) is 13.5 Å². The first-order chi connectivity index (χ1) is 55.9. The van der Waals surface area contributed by atoms with Gasteiger partial charge in [-0.3, -0.25) is 19.3 Å². The van der Waals surface area contributed by atoms with Crippen LogP contribution in [0.2, 0.25) is 20.1 Å². The molecule has 0 radical (unpaired) electrons. The Bertz CT molecular complexity index is 5250. The standard InChI is InChI=1S/C31H27Cl2N3O2S.C31H33Cl2N3O2.C29H30F2N4O3S/c32-26-16-27(33)18-28(17-26)35-30(37)21-38-31(10-12-36(13-11-31)20-29-5-2-14-39-29)25-8-6-23(7-9-25)24-4-1-3-22(15-24)19-34;1-3-22(2)20-36-13-11-31(12-14-36,38-21-30(37)35-29-17-27(32)16-28(33)18-29)26-9-7-24(8-10-26)25-6-4-5-23(15-25)19-34;1-2-33-39(37,38)35-16-14-29(15-17-35,13-12-28(36)34-25-10-11-26(30)27(31)19-25)24-8-6-22(7-9-24)23-5-3-4-21(18-23)20-32/h1-9,14-18H,10-13,20-21H2,(H,35,37);4-10,15-18,22H,3,11-14,20-21H2,1-2H3,(H,35,37);3-11,18-19,33H,2,12-17H2,1H3,(H,34,36). The number of nitriles is 3. The lowest BCUT2D eigenvalue weighted by molar-refractivity contribution is -0.135. The molecule has 10 aromatic rings. The van der Waals surface area contributed by atoms with Crippen molar-refractivity contribution in [3.05, 3.63) is 288 Å². The van der Waals surface area contributed by atoms with E-state index in [1.807, 2.05) is 78.9 Å². The molecular weight excluding hydrogens is 1590 g/mol. The van der Waals surface area contributed by atoms with Gasteiger partial charge in [0.05, 0.1) is 46.1 Å². The maximum absolute atomic E-state index is 13.6. The average Bonchev–Trinajstić information content (AvgIpc) is 0.810. The number of piperidine rings is 3. The molecule has 1 atom stereocenters. The lowest BCUT2D eigenvalue weighted by Gasteiger charge is -2.42. The number of thiophene rings is 1. The lowest BCUT2D eigenvalue weighted by atomic mass is 9.70. The molecule has 17 nitrogen and oxygen atoms in total. The zero-order chi connectivity index (χ0) is 82.4. The van der Waals surface area contributed by atoms with Crippen molar-refractivity contribution in [2.45, 2.75) is 102 Å². The topological polar surface area (TPSA) is 233 Å². The van der Waals surface area contributed by atoms with E-state index in [2.05, 4.69) is 129 Å². The Morgan fingerprint density at radius 3 is 1.33 bits per heavy atom. The number of anilines is 3. The van der Waals surface area contributed by atoms with E-state index in [1.165, 1.54) is 15.2 Å². The van der Waals surface area contributed by atoms with Crippen LogP contribution in [0.3, 0.4) is 0 Å². The molecule has 3 aliphatic heterocycles. The number of nitrogens with one attached hydrogen (secondary N) is 4. The summed E-state index contributed by atoms with van der Waals surface area (Å²) in [6.07, 6.45) is 5.85. The number of likely N-dealkylation sites (tertiary alicyclic amines) is 2. The summed E-state index contributed by atoms with van der Waals surface area (Å²) in [4.78, 5) is 44.7. The second kappa shape index (κ2) is 40.9. The van der Waals surface area contributed by atoms with Crippen LogP contribution in [-0.2, 0) is 57.2 Å². The quantitative estimate of drug-likeness (QED) is 0.0396. The molecule has 9 aromatic carbocycles. The van der Waals surface area contributed by atoms with Crippen LogP contribution in [0.5, 0.6) is 0 Å². The molecule has 3 aliphatic rings. The SMILES string of the molecule is CCC(C)CN1CCC(OCC(=O)Nc2cc(Cl)cc(Cl)c2)(c2ccc(-c3cccc(C#N)c3)cc2)CC1.CCNS(=O)(=O)N1CCC(CCC(=O)Nc2ccc(F)c(F)c2)(c2ccc(-c3cccc(C#N)c3)cc2)CC1.N#Cc1cccc(-c2ccc(C3(OCC(=O)Nc4cc(Cl)cc(Cl)c4)CCN(Cc4cccs4)CC3)cc2)c1. The largest absolute Gasteiger partial charge is 0.360 e. The van der Waals surface area contributed by atoms with Gasteiger partial charge in [-0.1, -0.05) is 189 Å². The number of carbonyl (C=O) groups excluding carboxylic acids is 3. The summed E-state index contributed by atoms with van der Waals surface area (Å²) in [6, 6.07) is 70.9. The Morgan fingerprint density at radius 1 is 0.491 bits per heavy atom. The zero-order valence-corrected chi connectivity index (χ0v) is 69.3. The van der Waals surface area contributed by atoms with Crippen LogP contribution in [0.1, 0.15) is 117 Å². The Kier molecular flexibility index (Phi) is 30.7. The highest BCUT2D eigenvalue weighted by molar-refractivity contribution is 7.87. The summed E-state index contributed by atoms with van der Waals surface area (Å²) in [6.45, 7) is 12.4. The van der Waals surface area contributed by atoms with Crippen LogP contribution in [0.15, 0.2) is 218 Å². The number of ether oxygens (including phenoxy) is 2. The highest BCUT2D eigenvalue weighted by atomic mass is 35.5. The molecule has 4 heterocycles. The van der Waals surface area contributed by atoms with E-state index < -0.39 is 38.5 Å². The van der Waals surface area contributed by atoms with Crippen molar-refractivity contribution >= 4 is 103 Å². The van der Waals surface area contributed by atoms with Crippen LogP contribution in [0.4, 0.5) is 25.8 Å². The summed E-state index contributed by atoms with van der Waals surface area (Å²) in [5.41, 5.74) is 10.4. The number of hydrogen-bond acceptors (Lipinski definition) is 13. The van der Waals surface area contributed by atoms with Gasteiger partial charge in [0.2, 0.25) is 17.7 Å².